The predicted octanol–water partition coefficient (Wildman–Crippen LogP) is 4.68. The number of carbonyl (C=O) groups excluding carboxylic acids is 2. The fourth-order valence-electron chi connectivity index (χ4n) is 6.06. The van der Waals surface area contributed by atoms with Crippen molar-refractivity contribution >= 4 is 66.4 Å². The molecule has 370 valence electrons. The van der Waals surface area contributed by atoms with E-state index in [2.05, 4.69) is 10.6 Å². The number of hydrogen-bond acceptors (Lipinski definition) is 10. The van der Waals surface area contributed by atoms with Crippen molar-refractivity contribution in [3.63, 3.8) is 0 Å². The molecule has 0 aromatic heterocycles. The molecule has 0 aliphatic carbocycles. The van der Waals surface area contributed by atoms with Gasteiger partial charge in [-0.2, -0.15) is 8.61 Å². The molecule has 2 saturated heterocycles. The van der Waals surface area contributed by atoms with Crippen LogP contribution < -0.4 is 44.9 Å². The number of alkyl halides is 4. The molecule has 0 radical (unpaired) electrons. The summed E-state index contributed by atoms with van der Waals surface area (Å²) < 4.78 is 155. The average molecular weight is 1060 g/mol. The minimum absolute atomic E-state index is 0. The summed E-state index contributed by atoms with van der Waals surface area (Å²) >= 11 is 11.3. The number of piperidine rings is 2. The van der Waals surface area contributed by atoms with E-state index in [4.69, 9.17) is 33.0 Å². The van der Waals surface area contributed by atoms with E-state index in [1.165, 1.54) is 30.3 Å². The molecule has 68 heavy (non-hydrogen) atoms. The van der Waals surface area contributed by atoms with Crippen molar-refractivity contribution < 1.29 is 108 Å². The van der Waals surface area contributed by atoms with Crippen molar-refractivity contribution in [2.75, 3.05) is 50.0 Å². The van der Waals surface area contributed by atoms with E-state index in [0.29, 0.717) is 27.7 Å². The molecule has 2 fully saturated rings. The number of sulfonamides is 2. The van der Waals surface area contributed by atoms with Crippen LogP contribution in [-0.4, -0.2) is 116 Å². The SMILES string of the molecule is CCCO.CCCOc1ccc(C(=O)Nc2ccc(F)c(Cl)c2)cc1S(=O)(=O)N1CCC(O)C(F)(F)C1.O=C(Nc1ccc(F)c(Cl)c1)c1ccc(F)c(S(=O)(=O)N2CCC(O)C(F)(F)C2)c1.[H-].[Na+]. The summed E-state index contributed by atoms with van der Waals surface area (Å²) in [5, 5.41) is 31.0. The Balaban J connectivity index is 0.000000429. The van der Waals surface area contributed by atoms with E-state index in [0.717, 1.165) is 42.8 Å². The van der Waals surface area contributed by atoms with Crippen LogP contribution in [0.3, 0.4) is 0 Å². The van der Waals surface area contributed by atoms with Gasteiger partial charge in [0.15, 0.2) is 0 Å². The van der Waals surface area contributed by atoms with E-state index in [1.807, 2.05) is 6.92 Å². The number of benzene rings is 4. The second kappa shape index (κ2) is 25.0. The van der Waals surface area contributed by atoms with E-state index < -0.39 is 116 Å². The van der Waals surface area contributed by atoms with Gasteiger partial charge in [0.05, 0.1) is 29.7 Å². The van der Waals surface area contributed by atoms with Crippen LogP contribution in [0.2, 0.25) is 10.0 Å². The maximum absolute atomic E-state index is 14.2. The topological polar surface area (TPSA) is 203 Å². The summed E-state index contributed by atoms with van der Waals surface area (Å²) in [6, 6.07) is 12.9. The fraction of sp³-hybridized carbons (Fsp3) is 0.381. The molecule has 0 spiro atoms. The number of nitrogens with one attached hydrogen (secondary N) is 2. The van der Waals surface area contributed by atoms with Gasteiger partial charge < -0.3 is 32.1 Å². The number of aliphatic hydroxyl groups excluding tert-OH is 3. The van der Waals surface area contributed by atoms with E-state index in [-0.39, 0.29) is 82.4 Å². The number of rotatable bonds is 12. The van der Waals surface area contributed by atoms with E-state index >= 15 is 0 Å². The van der Waals surface area contributed by atoms with Gasteiger partial charge in [0.1, 0.15) is 45.2 Å². The monoisotopic (exact) mass is 1060 g/mol. The minimum Gasteiger partial charge on any atom is -1.00 e. The molecule has 0 saturated carbocycles. The zero-order valence-electron chi connectivity index (χ0n) is 37.5. The van der Waals surface area contributed by atoms with Crippen molar-refractivity contribution in [3.05, 3.63) is 111 Å². The van der Waals surface area contributed by atoms with Crippen LogP contribution in [0.4, 0.5) is 42.1 Å². The molecule has 4 aromatic rings. The van der Waals surface area contributed by atoms with Crippen LogP contribution in [0.1, 0.15) is 61.7 Å². The Labute approximate surface area is 421 Å². The molecule has 5 N–H and O–H groups in total. The second-order valence-corrected chi connectivity index (χ2v) is 19.5. The zero-order chi connectivity index (χ0) is 50.1. The summed E-state index contributed by atoms with van der Waals surface area (Å²) in [5.74, 6) is -11.6. The molecule has 2 amide bonds. The molecule has 26 heteroatoms. The molecule has 14 nitrogen and oxygen atoms in total. The Hall–Kier alpha value is -3.59. The van der Waals surface area contributed by atoms with Crippen molar-refractivity contribution in [1.29, 1.82) is 0 Å². The van der Waals surface area contributed by atoms with Gasteiger partial charge in [-0.05, 0) is 98.5 Å². The summed E-state index contributed by atoms with van der Waals surface area (Å²) in [5.41, 5.74) is -0.0996. The van der Waals surface area contributed by atoms with Gasteiger partial charge >= 0.3 is 29.6 Å². The third kappa shape index (κ3) is 15.0. The van der Waals surface area contributed by atoms with Crippen LogP contribution >= 0.6 is 23.2 Å². The Kier molecular flexibility index (Phi) is 21.6. The van der Waals surface area contributed by atoms with Crippen molar-refractivity contribution in [2.24, 2.45) is 0 Å². The maximum Gasteiger partial charge on any atom is 1.00 e. The molecule has 2 aliphatic rings. The molecule has 2 unspecified atom stereocenters. The number of anilines is 2. The fourth-order valence-corrected chi connectivity index (χ4v) is 9.60. The molecule has 2 heterocycles. The number of hydrogen-bond donors (Lipinski definition) is 5. The molecule has 2 atom stereocenters. The molecule has 4 aromatic carbocycles. The van der Waals surface area contributed by atoms with Gasteiger partial charge in [-0.15, -0.1) is 0 Å². The Morgan fingerprint density at radius 2 is 1.09 bits per heavy atom. The molecular weight excluding hydrogens is 1010 g/mol. The van der Waals surface area contributed by atoms with Gasteiger partial charge in [-0.25, -0.2) is 47.6 Å². The van der Waals surface area contributed by atoms with Gasteiger partial charge in [0.25, 0.3) is 23.7 Å². The van der Waals surface area contributed by atoms with E-state index in [9.17, 15) is 67.4 Å². The number of halogens is 9. The molecule has 6 rings (SSSR count). The zero-order valence-corrected chi connectivity index (χ0v) is 41.6. The molecular formula is C42H46Cl2F7N4NaO10S2. The average Bonchev–Trinajstić information content (AvgIpc) is 3.27. The maximum atomic E-state index is 14.2. The first kappa shape index (κ1) is 58.7. The quantitative estimate of drug-likeness (QED) is 0.0981. The van der Waals surface area contributed by atoms with Crippen molar-refractivity contribution in [1.82, 2.24) is 8.61 Å². The van der Waals surface area contributed by atoms with Crippen molar-refractivity contribution in [2.45, 2.75) is 73.4 Å². The van der Waals surface area contributed by atoms with Gasteiger partial charge in [0, 0.05) is 42.2 Å². The third-order valence-corrected chi connectivity index (χ3v) is 14.0. The van der Waals surface area contributed by atoms with Crippen LogP contribution in [-0.2, 0) is 20.0 Å². The number of aliphatic hydroxyl groups is 3. The summed E-state index contributed by atoms with van der Waals surface area (Å²) in [6.07, 6.45) is -3.49. The Morgan fingerprint density at radius 3 is 1.49 bits per heavy atom. The Morgan fingerprint density at radius 1 is 0.691 bits per heavy atom. The third-order valence-electron chi connectivity index (χ3n) is 9.73. The number of ether oxygens (including phenoxy) is 1. The van der Waals surface area contributed by atoms with Crippen LogP contribution in [0, 0.1) is 17.5 Å². The molecule has 2 aliphatic heterocycles. The molecule has 0 bridgehead atoms. The summed E-state index contributed by atoms with van der Waals surface area (Å²) in [4.78, 5) is 23.7. The first-order valence-electron chi connectivity index (χ1n) is 20.1. The smallest absolute Gasteiger partial charge is 1.00 e. The predicted molar refractivity (Wildman–Crippen MR) is 235 cm³/mol. The Bertz CT molecular complexity index is 2650. The summed E-state index contributed by atoms with van der Waals surface area (Å²) in [6.45, 7) is 0.932. The number of carbonyl (C=O) groups is 2. The van der Waals surface area contributed by atoms with Gasteiger partial charge in [-0.1, -0.05) is 37.0 Å². The van der Waals surface area contributed by atoms with Crippen LogP contribution in [0.25, 0.3) is 0 Å². The van der Waals surface area contributed by atoms with Gasteiger partial charge in [0.2, 0.25) is 20.0 Å². The van der Waals surface area contributed by atoms with E-state index in [1.54, 1.807) is 6.92 Å². The van der Waals surface area contributed by atoms with Crippen LogP contribution in [0.15, 0.2) is 82.6 Å². The number of amides is 2. The first-order chi connectivity index (χ1) is 31.3. The standard InChI is InChI=1S/C21H22ClF3N2O5S.C18H15ClF4N2O4S.C3H8O.Na.H/c1-2-9-32-17-6-3-13(20(29)26-14-4-5-16(23)15(22)11-14)10-18(17)33(30,31)27-8-7-19(28)21(24,25)12-27;19-12-8-11(2-4-13(12)20)24-17(27)10-1-3-14(21)15(7-10)30(28,29)25-6-5-16(26)18(22,23)9-25;1-2-3-4;;/h3-6,10-11,19,28H,2,7-9,12H2,1H3,(H,26,29);1-4,7-8,16,26H,5-6,9H2,(H,24,27);4H,2-3H2,1H3;;/q;;;+1;-1. The number of nitrogens with zero attached hydrogens (tertiary/aromatic N) is 2. The minimum atomic E-state index is -4.71. The van der Waals surface area contributed by atoms with Crippen molar-refractivity contribution in [3.8, 4) is 5.75 Å². The summed E-state index contributed by atoms with van der Waals surface area (Å²) in [7, 11) is -9.20. The largest absolute Gasteiger partial charge is 1.00 e. The normalized spacial score (nSPS) is 18.1. The first-order valence-corrected chi connectivity index (χ1v) is 23.7. The van der Waals surface area contributed by atoms with Crippen LogP contribution in [0.5, 0.6) is 5.75 Å². The van der Waals surface area contributed by atoms with Gasteiger partial charge in [-0.3, -0.25) is 9.59 Å². The second-order valence-electron chi connectivity index (χ2n) is 14.9.